The Morgan fingerprint density at radius 2 is 1.73 bits per heavy atom. The number of hydrogen-bond acceptors (Lipinski definition) is 3. The van der Waals surface area contributed by atoms with Gasteiger partial charge in [-0.25, -0.2) is 4.79 Å². The first-order valence-corrected chi connectivity index (χ1v) is 8.00. The number of nitrogens with two attached hydrogens (primary N) is 1. The van der Waals surface area contributed by atoms with E-state index in [9.17, 15) is 18.0 Å². The third-order valence-corrected chi connectivity index (χ3v) is 4.44. The van der Waals surface area contributed by atoms with Crippen molar-refractivity contribution in [3.8, 4) is 16.9 Å². The molecule has 0 bridgehead atoms. The normalized spacial score (nSPS) is 18.3. The van der Waals surface area contributed by atoms with Crippen LogP contribution in [0.1, 0.15) is 31.1 Å². The summed E-state index contributed by atoms with van der Waals surface area (Å²) in [5.41, 5.74) is 8.36. The molecule has 2 aromatic rings. The Morgan fingerprint density at radius 1 is 1.12 bits per heavy atom. The maximum Gasteiger partial charge on any atom is 0.573 e. The van der Waals surface area contributed by atoms with Crippen molar-refractivity contribution < 1.29 is 27.4 Å². The molecule has 138 valence electrons. The van der Waals surface area contributed by atoms with Crippen molar-refractivity contribution in [2.24, 2.45) is 11.1 Å². The average molecular weight is 365 g/mol. The smallest absolute Gasteiger partial charge is 0.441 e. The van der Waals surface area contributed by atoms with Gasteiger partial charge < -0.3 is 15.2 Å². The van der Waals surface area contributed by atoms with E-state index >= 15 is 0 Å². The molecule has 1 atom stereocenters. The Hall–Kier alpha value is -2.70. The maximum absolute atomic E-state index is 12.3. The fourth-order valence-corrected chi connectivity index (χ4v) is 3.37. The van der Waals surface area contributed by atoms with Gasteiger partial charge >= 0.3 is 12.5 Å². The highest BCUT2D eigenvalue weighted by atomic mass is 19.4. The number of carbonyl (C=O) groups is 1. The standard InChI is InChI=1S/C19H18F3NO3/c1-18(2)10-13-4-3-12(9-15(13)16(18)25-17(23)24)11-5-7-14(8-6-11)26-19(20,21)22/h3-9,16H,10H2,1-2H3,(H2,23,24). The number of fused-ring (bicyclic) bond motifs is 1. The van der Waals surface area contributed by atoms with Gasteiger partial charge in [0.2, 0.25) is 0 Å². The van der Waals surface area contributed by atoms with Gasteiger partial charge in [-0.3, -0.25) is 0 Å². The Balaban J connectivity index is 1.91. The van der Waals surface area contributed by atoms with E-state index in [0.29, 0.717) is 0 Å². The summed E-state index contributed by atoms with van der Waals surface area (Å²) >= 11 is 0. The van der Waals surface area contributed by atoms with Crippen LogP contribution < -0.4 is 10.5 Å². The highest BCUT2D eigenvalue weighted by Gasteiger charge is 2.41. The minimum Gasteiger partial charge on any atom is -0.441 e. The molecular formula is C19H18F3NO3. The van der Waals surface area contributed by atoms with Crippen molar-refractivity contribution in [3.63, 3.8) is 0 Å². The maximum atomic E-state index is 12.3. The van der Waals surface area contributed by atoms with Gasteiger partial charge in [0.05, 0.1) is 0 Å². The lowest BCUT2D eigenvalue weighted by atomic mass is 9.87. The minimum atomic E-state index is -4.72. The molecule has 7 heteroatoms. The molecule has 0 radical (unpaired) electrons. The number of rotatable bonds is 3. The number of ether oxygens (including phenoxy) is 2. The van der Waals surface area contributed by atoms with Gasteiger partial charge in [0, 0.05) is 5.41 Å². The van der Waals surface area contributed by atoms with Crippen molar-refractivity contribution in [2.45, 2.75) is 32.7 Å². The number of carbonyl (C=O) groups excluding carboxylic acids is 1. The van der Waals surface area contributed by atoms with E-state index in [2.05, 4.69) is 4.74 Å². The van der Waals surface area contributed by atoms with Crippen LogP contribution in [0.15, 0.2) is 42.5 Å². The summed E-state index contributed by atoms with van der Waals surface area (Å²) in [7, 11) is 0. The third kappa shape index (κ3) is 3.76. The number of primary amides is 1. The first kappa shape index (κ1) is 18.1. The van der Waals surface area contributed by atoms with E-state index in [4.69, 9.17) is 10.5 Å². The van der Waals surface area contributed by atoms with Crippen LogP contribution in [-0.2, 0) is 11.2 Å². The summed E-state index contributed by atoms with van der Waals surface area (Å²) in [6.45, 7) is 3.98. The molecule has 1 aliphatic carbocycles. The largest absolute Gasteiger partial charge is 0.573 e. The lowest BCUT2D eigenvalue weighted by molar-refractivity contribution is -0.274. The van der Waals surface area contributed by atoms with Crippen LogP contribution in [0, 0.1) is 5.41 Å². The average Bonchev–Trinajstić information content (AvgIpc) is 2.76. The van der Waals surface area contributed by atoms with Gasteiger partial charge in [-0.15, -0.1) is 13.2 Å². The Labute approximate surface area is 148 Å². The van der Waals surface area contributed by atoms with Crippen LogP contribution in [0.4, 0.5) is 18.0 Å². The van der Waals surface area contributed by atoms with Gasteiger partial charge in [0.25, 0.3) is 0 Å². The van der Waals surface area contributed by atoms with E-state index in [0.717, 1.165) is 28.7 Å². The van der Waals surface area contributed by atoms with Crippen LogP contribution in [0.25, 0.3) is 11.1 Å². The van der Waals surface area contributed by atoms with Crippen molar-refractivity contribution >= 4 is 6.09 Å². The Morgan fingerprint density at radius 3 is 2.31 bits per heavy atom. The van der Waals surface area contributed by atoms with Crippen molar-refractivity contribution in [2.75, 3.05) is 0 Å². The molecule has 0 saturated heterocycles. The zero-order chi connectivity index (χ0) is 19.1. The van der Waals surface area contributed by atoms with E-state index < -0.39 is 18.6 Å². The summed E-state index contributed by atoms with van der Waals surface area (Å²) in [6.07, 6.45) is -5.29. The van der Waals surface area contributed by atoms with Crippen LogP contribution in [0.2, 0.25) is 0 Å². The Kier molecular flexibility index (Phi) is 4.34. The molecule has 0 spiro atoms. The van der Waals surface area contributed by atoms with E-state index in [1.54, 1.807) is 12.1 Å². The summed E-state index contributed by atoms with van der Waals surface area (Å²) in [5.74, 6) is -0.279. The zero-order valence-electron chi connectivity index (χ0n) is 14.3. The van der Waals surface area contributed by atoms with Crippen LogP contribution >= 0.6 is 0 Å². The van der Waals surface area contributed by atoms with Crippen LogP contribution in [0.5, 0.6) is 5.75 Å². The monoisotopic (exact) mass is 365 g/mol. The zero-order valence-corrected chi connectivity index (χ0v) is 14.3. The summed E-state index contributed by atoms with van der Waals surface area (Å²) in [4.78, 5) is 11.3. The topological polar surface area (TPSA) is 61.6 Å². The Bertz CT molecular complexity index is 829. The highest BCUT2D eigenvalue weighted by molar-refractivity contribution is 5.68. The molecular weight excluding hydrogens is 347 g/mol. The SMILES string of the molecule is CC1(C)Cc2ccc(-c3ccc(OC(F)(F)F)cc3)cc2C1OC(N)=O. The summed E-state index contributed by atoms with van der Waals surface area (Å²) < 4.78 is 46.0. The van der Waals surface area contributed by atoms with E-state index in [1.165, 1.54) is 12.1 Å². The highest BCUT2D eigenvalue weighted by Crippen LogP contribution is 2.48. The first-order chi connectivity index (χ1) is 12.0. The fourth-order valence-electron chi connectivity index (χ4n) is 3.37. The van der Waals surface area contributed by atoms with Gasteiger partial charge in [0.1, 0.15) is 11.9 Å². The number of benzene rings is 2. The molecule has 0 aromatic heterocycles. The second-order valence-corrected chi connectivity index (χ2v) is 6.97. The molecule has 2 N–H and O–H groups in total. The van der Waals surface area contributed by atoms with Crippen molar-refractivity contribution in [1.29, 1.82) is 0 Å². The number of alkyl halides is 3. The lowest BCUT2D eigenvalue weighted by Crippen LogP contribution is -2.25. The predicted molar refractivity (Wildman–Crippen MR) is 89.5 cm³/mol. The summed E-state index contributed by atoms with van der Waals surface area (Å²) in [5, 5.41) is 0. The number of halogens is 3. The van der Waals surface area contributed by atoms with Crippen LogP contribution in [0.3, 0.4) is 0 Å². The summed E-state index contributed by atoms with van der Waals surface area (Å²) in [6, 6.07) is 11.3. The quantitative estimate of drug-likeness (QED) is 0.835. The van der Waals surface area contributed by atoms with Gasteiger partial charge in [-0.05, 0) is 46.9 Å². The molecule has 2 aromatic carbocycles. The second kappa shape index (κ2) is 6.23. The van der Waals surface area contributed by atoms with E-state index in [1.807, 2.05) is 32.0 Å². The molecule has 1 unspecified atom stereocenters. The third-order valence-electron chi connectivity index (χ3n) is 4.44. The molecule has 26 heavy (non-hydrogen) atoms. The molecule has 0 saturated carbocycles. The van der Waals surface area contributed by atoms with Crippen molar-refractivity contribution in [1.82, 2.24) is 0 Å². The molecule has 0 heterocycles. The number of amides is 1. The molecule has 1 aliphatic rings. The number of hydrogen-bond donors (Lipinski definition) is 1. The lowest BCUT2D eigenvalue weighted by Gasteiger charge is -2.26. The molecule has 3 rings (SSSR count). The molecule has 0 aliphatic heterocycles. The molecule has 0 fully saturated rings. The molecule has 1 amide bonds. The van der Waals surface area contributed by atoms with Crippen LogP contribution in [-0.4, -0.2) is 12.5 Å². The molecule has 4 nitrogen and oxygen atoms in total. The van der Waals surface area contributed by atoms with Gasteiger partial charge in [0.15, 0.2) is 0 Å². The predicted octanol–water partition coefficient (Wildman–Crippen LogP) is 4.97. The van der Waals surface area contributed by atoms with E-state index in [-0.39, 0.29) is 11.2 Å². The van der Waals surface area contributed by atoms with Gasteiger partial charge in [-0.2, -0.15) is 0 Å². The van der Waals surface area contributed by atoms with Crippen molar-refractivity contribution in [3.05, 3.63) is 53.6 Å². The first-order valence-electron chi connectivity index (χ1n) is 8.00. The second-order valence-electron chi connectivity index (χ2n) is 6.97. The minimum absolute atomic E-state index is 0.279. The fraction of sp³-hybridized carbons (Fsp3) is 0.316. The van der Waals surface area contributed by atoms with Gasteiger partial charge in [-0.1, -0.05) is 38.1 Å².